The van der Waals surface area contributed by atoms with Gasteiger partial charge in [-0.05, 0) is 37.3 Å². The monoisotopic (exact) mass is 292 g/mol. The highest BCUT2D eigenvalue weighted by atomic mass is 19.1. The summed E-state index contributed by atoms with van der Waals surface area (Å²) in [6.07, 6.45) is 5.02. The van der Waals surface area contributed by atoms with Crippen LogP contribution in [0, 0.1) is 5.82 Å². The zero-order valence-corrected chi connectivity index (χ0v) is 12.8. The highest BCUT2D eigenvalue weighted by Crippen LogP contribution is 2.28. The third kappa shape index (κ3) is 4.50. The summed E-state index contributed by atoms with van der Waals surface area (Å²) in [5.41, 5.74) is 1.99. The first-order valence-electron chi connectivity index (χ1n) is 8.00. The Hall–Kier alpha value is -0.970. The van der Waals surface area contributed by atoms with Crippen molar-refractivity contribution < 1.29 is 9.13 Å². The summed E-state index contributed by atoms with van der Waals surface area (Å²) in [4.78, 5) is 2.35. The van der Waals surface area contributed by atoms with E-state index in [4.69, 9.17) is 4.74 Å². The fourth-order valence-electron chi connectivity index (χ4n) is 2.67. The van der Waals surface area contributed by atoms with Crippen molar-refractivity contribution in [1.29, 1.82) is 0 Å². The van der Waals surface area contributed by atoms with Crippen molar-refractivity contribution in [3.8, 4) is 0 Å². The zero-order chi connectivity index (χ0) is 14.7. The topological polar surface area (TPSA) is 24.5 Å². The molecule has 2 aliphatic rings. The number of ether oxygens (including phenoxy) is 1. The van der Waals surface area contributed by atoms with Gasteiger partial charge in [-0.3, -0.25) is 4.90 Å². The van der Waals surface area contributed by atoms with Gasteiger partial charge < -0.3 is 10.1 Å². The molecular weight excluding hydrogens is 267 g/mol. The molecule has 0 heterocycles. The van der Waals surface area contributed by atoms with Crippen LogP contribution in [0.4, 0.5) is 4.39 Å². The Bertz CT molecular complexity index is 472. The lowest BCUT2D eigenvalue weighted by Gasteiger charge is -2.22. The first-order valence-corrected chi connectivity index (χ1v) is 8.00. The van der Waals surface area contributed by atoms with Crippen LogP contribution >= 0.6 is 0 Å². The predicted molar refractivity (Wildman–Crippen MR) is 81.6 cm³/mol. The lowest BCUT2D eigenvalue weighted by atomic mass is 10.1. The molecule has 0 aromatic heterocycles. The molecule has 1 aromatic carbocycles. The van der Waals surface area contributed by atoms with Crippen molar-refractivity contribution >= 4 is 0 Å². The smallest absolute Gasteiger partial charge is 0.127 e. The number of rotatable bonds is 9. The van der Waals surface area contributed by atoms with E-state index in [1.54, 1.807) is 13.2 Å². The van der Waals surface area contributed by atoms with Gasteiger partial charge in [0.2, 0.25) is 0 Å². The first kappa shape index (κ1) is 14.9. The van der Waals surface area contributed by atoms with E-state index in [2.05, 4.69) is 10.2 Å². The van der Waals surface area contributed by atoms with Gasteiger partial charge in [0, 0.05) is 44.4 Å². The van der Waals surface area contributed by atoms with Gasteiger partial charge in [0.25, 0.3) is 0 Å². The maximum atomic E-state index is 14.1. The number of hydrogen-bond acceptors (Lipinski definition) is 3. The molecule has 1 aromatic rings. The van der Waals surface area contributed by atoms with Crippen molar-refractivity contribution in [2.45, 2.75) is 50.9 Å². The summed E-state index contributed by atoms with van der Waals surface area (Å²) in [5.74, 6) is -0.0896. The summed E-state index contributed by atoms with van der Waals surface area (Å²) < 4.78 is 19.2. The number of nitrogens with one attached hydrogen (secondary N) is 1. The highest BCUT2D eigenvalue weighted by Gasteiger charge is 2.29. The van der Waals surface area contributed by atoms with Gasteiger partial charge in [-0.25, -0.2) is 4.39 Å². The summed E-state index contributed by atoms with van der Waals surface area (Å²) >= 11 is 0. The normalized spacial score (nSPS) is 18.4. The van der Waals surface area contributed by atoms with Crippen LogP contribution in [-0.2, 0) is 17.8 Å². The van der Waals surface area contributed by atoms with E-state index < -0.39 is 0 Å². The third-order valence-electron chi connectivity index (χ3n) is 4.30. The lowest BCUT2D eigenvalue weighted by Crippen LogP contribution is -2.29. The molecule has 2 fully saturated rings. The van der Waals surface area contributed by atoms with Crippen molar-refractivity contribution in [2.75, 3.05) is 20.3 Å². The molecule has 0 atom stereocenters. The molecule has 116 valence electrons. The van der Waals surface area contributed by atoms with Crippen molar-refractivity contribution in [1.82, 2.24) is 10.2 Å². The molecule has 0 saturated heterocycles. The Morgan fingerprint density at radius 3 is 2.76 bits per heavy atom. The Labute approximate surface area is 126 Å². The van der Waals surface area contributed by atoms with E-state index in [9.17, 15) is 4.39 Å². The van der Waals surface area contributed by atoms with Crippen LogP contribution in [0.2, 0.25) is 0 Å². The van der Waals surface area contributed by atoms with Crippen LogP contribution in [-0.4, -0.2) is 37.2 Å². The van der Waals surface area contributed by atoms with E-state index in [1.807, 2.05) is 12.1 Å². The van der Waals surface area contributed by atoms with E-state index in [0.29, 0.717) is 25.2 Å². The third-order valence-corrected chi connectivity index (χ3v) is 4.30. The SMILES string of the molecule is COCCN(Cc1cc(CNC2CC2)ccc1F)C1CC1. The van der Waals surface area contributed by atoms with Crippen molar-refractivity contribution in [3.05, 3.63) is 35.1 Å². The molecule has 0 spiro atoms. The summed E-state index contributed by atoms with van der Waals surface area (Å²) in [6, 6.07) is 6.83. The first-order chi connectivity index (χ1) is 10.3. The minimum atomic E-state index is -0.0896. The molecule has 0 unspecified atom stereocenters. The molecule has 0 bridgehead atoms. The maximum Gasteiger partial charge on any atom is 0.127 e. The number of nitrogens with zero attached hydrogens (tertiary/aromatic N) is 1. The fourth-order valence-corrected chi connectivity index (χ4v) is 2.67. The highest BCUT2D eigenvalue weighted by molar-refractivity contribution is 5.25. The van der Waals surface area contributed by atoms with Crippen LogP contribution in [0.1, 0.15) is 36.8 Å². The molecule has 0 amide bonds. The van der Waals surface area contributed by atoms with E-state index in [1.165, 1.54) is 31.2 Å². The van der Waals surface area contributed by atoms with Gasteiger partial charge in [-0.1, -0.05) is 12.1 Å². The Balaban J connectivity index is 1.62. The largest absolute Gasteiger partial charge is 0.383 e. The van der Waals surface area contributed by atoms with Crippen LogP contribution in [0.15, 0.2) is 18.2 Å². The van der Waals surface area contributed by atoms with E-state index in [0.717, 1.165) is 18.7 Å². The standard InChI is InChI=1S/C17H25FN2O/c1-21-9-8-20(16-5-6-16)12-14-10-13(2-7-17(14)18)11-19-15-3-4-15/h2,7,10,15-16,19H,3-6,8-9,11-12H2,1H3. The zero-order valence-electron chi connectivity index (χ0n) is 12.8. The molecule has 0 radical (unpaired) electrons. The second-order valence-corrected chi connectivity index (χ2v) is 6.28. The number of hydrogen-bond donors (Lipinski definition) is 1. The van der Waals surface area contributed by atoms with Crippen LogP contribution in [0.5, 0.6) is 0 Å². The van der Waals surface area contributed by atoms with E-state index in [-0.39, 0.29) is 5.82 Å². The van der Waals surface area contributed by atoms with Gasteiger partial charge in [0.05, 0.1) is 6.61 Å². The fraction of sp³-hybridized carbons (Fsp3) is 0.647. The number of methoxy groups -OCH3 is 1. The van der Waals surface area contributed by atoms with Crippen LogP contribution in [0.3, 0.4) is 0 Å². The molecule has 2 saturated carbocycles. The molecule has 21 heavy (non-hydrogen) atoms. The van der Waals surface area contributed by atoms with Gasteiger partial charge in [-0.15, -0.1) is 0 Å². The van der Waals surface area contributed by atoms with E-state index >= 15 is 0 Å². The van der Waals surface area contributed by atoms with Gasteiger partial charge in [0.15, 0.2) is 0 Å². The van der Waals surface area contributed by atoms with Gasteiger partial charge in [0.1, 0.15) is 5.82 Å². The van der Waals surface area contributed by atoms with Crippen molar-refractivity contribution in [3.63, 3.8) is 0 Å². The molecule has 0 aliphatic heterocycles. The van der Waals surface area contributed by atoms with Crippen LogP contribution in [0.25, 0.3) is 0 Å². The summed E-state index contributed by atoms with van der Waals surface area (Å²) in [7, 11) is 1.72. The van der Waals surface area contributed by atoms with Gasteiger partial charge in [-0.2, -0.15) is 0 Å². The molecule has 4 heteroatoms. The lowest BCUT2D eigenvalue weighted by molar-refractivity contribution is 0.139. The Morgan fingerprint density at radius 2 is 2.10 bits per heavy atom. The summed E-state index contributed by atoms with van der Waals surface area (Å²) in [6.45, 7) is 3.13. The average molecular weight is 292 g/mol. The second kappa shape index (κ2) is 6.86. The van der Waals surface area contributed by atoms with Gasteiger partial charge >= 0.3 is 0 Å². The number of benzene rings is 1. The maximum absolute atomic E-state index is 14.1. The second-order valence-electron chi connectivity index (χ2n) is 6.28. The molecule has 3 nitrogen and oxygen atoms in total. The summed E-state index contributed by atoms with van der Waals surface area (Å²) in [5, 5.41) is 3.49. The molecule has 3 rings (SSSR count). The minimum absolute atomic E-state index is 0.0896. The molecular formula is C17H25FN2O. The molecule has 2 aliphatic carbocycles. The average Bonchev–Trinajstić information content (AvgIpc) is 3.37. The Kier molecular flexibility index (Phi) is 4.88. The molecule has 1 N–H and O–H groups in total. The Morgan fingerprint density at radius 1 is 1.29 bits per heavy atom. The quantitative estimate of drug-likeness (QED) is 0.757. The number of halogens is 1. The minimum Gasteiger partial charge on any atom is -0.383 e. The van der Waals surface area contributed by atoms with Crippen molar-refractivity contribution in [2.24, 2.45) is 0 Å². The van der Waals surface area contributed by atoms with Crippen LogP contribution < -0.4 is 5.32 Å². The predicted octanol–water partition coefficient (Wildman–Crippen LogP) is 2.69.